The van der Waals surface area contributed by atoms with Gasteiger partial charge >= 0.3 is 0 Å². The summed E-state index contributed by atoms with van der Waals surface area (Å²) < 4.78 is 7.19. The van der Waals surface area contributed by atoms with Crippen molar-refractivity contribution in [3.05, 3.63) is 52.5 Å². The molecule has 2 aromatic carbocycles. The fourth-order valence-corrected chi connectivity index (χ4v) is 4.16. The zero-order valence-corrected chi connectivity index (χ0v) is 18.0. The summed E-state index contributed by atoms with van der Waals surface area (Å²) in [7, 11) is 5.71. The molecule has 0 unspecified atom stereocenters. The highest BCUT2D eigenvalue weighted by molar-refractivity contribution is 9.10. The fraction of sp³-hybridized carbons (Fsp3) is 0.300. The lowest BCUT2D eigenvalue weighted by atomic mass is 10.2. The summed E-state index contributed by atoms with van der Waals surface area (Å²) in [6.45, 7) is 1.52. The van der Waals surface area contributed by atoms with Crippen LogP contribution in [0.1, 0.15) is 16.8 Å². The molecule has 0 saturated carbocycles. The molecule has 0 fully saturated rings. The summed E-state index contributed by atoms with van der Waals surface area (Å²) in [4.78, 5) is 21.8. The van der Waals surface area contributed by atoms with E-state index in [9.17, 15) is 4.79 Å². The second kappa shape index (κ2) is 8.82. The Balaban J connectivity index is 1.94. The number of thiazole rings is 1. The van der Waals surface area contributed by atoms with E-state index < -0.39 is 0 Å². The van der Waals surface area contributed by atoms with Crippen molar-refractivity contribution in [1.82, 2.24) is 9.88 Å². The topological polar surface area (TPSA) is 45.7 Å². The molecular formula is C20H22BrN3O2S. The molecule has 1 heterocycles. The maximum Gasteiger partial charge on any atom is 0.260 e. The van der Waals surface area contributed by atoms with Gasteiger partial charge in [-0.15, -0.1) is 0 Å². The first-order chi connectivity index (χ1) is 13.0. The summed E-state index contributed by atoms with van der Waals surface area (Å²) >= 11 is 4.96. The van der Waals surface area contributed by atoms with Gasteiger partial charge < -0.3 is 9.64 Å². The first-order valence-electron chi connectivity index (χ1n) is 8.64. The lowest BCUT2D eigenvalue weighted by Gasteiger charge is -2.21. The van der Waals surface area contributed by atoms with Crippen molar-refractivity contribution >= 4 is 48.5 Å². The maximum absolute atomic E-state index is 13.2. The molecule has 0 N–H and O–H groups in total. The molecule has 1 aromatic heterocycles. The predicted octanol–water partition coefficient (Wildman–Crippen LogP) is 4.67. The van der Waals surface area contributed by atoms with Crippen LogP contribution in [0, 0.1) is 0 Å². The van der Waals surface area contributed by atoms with Crippen molar-refractivity contribution < 1.29 is 9.53 Å². The molecule has 142 valence electrons. The minimum atomic E-state index is -0.0407. The van der Waals surface area contributed by atoms with E-state index in [1.54, 1.807) is 12.0 Å². The van der Waals surface area contributed by atoms with Gasteiger partial charge in [0.15, 0.2) is 5.13 Å². The van der Waals surface area contributed by atoms with Crippen LogP contribution < -0.4 is 9.64 Å². The van der Waals surface area contributed by atoms with E-state index in [-0.39, 0.29) is 5.91 Å². The molecule has 5 nitrogen and oxygen atoms in total. The summed E-state index contributed by atoms with van der Waals surface area (Å²) in [5.74, 6) is 0.747. The van der Waals surface area contributed by atoms with Gasteiger partial charge in [0.25, 0.3) is 5.91 Å². The number of carbonyl (C=O) groups is 1. The van der Waals surface area contributed by atoms with Crippen LogP contribution in [0.3, 0.4) is 0 Å². The van der Waals surface area contributed by atoms with Crippen molar-refractivity contribution in [1.29, 1.82) is 0 Å². The molecule has 27 heavy (non-hydrogen) atoms. The van der Waals surface area contributed by atoms with E-state index in [1.165, 1.54) is 11.3 Å². The van der Waals surface area contributed by atoms with Crippen LogP contribution in [0.15, 0.2) is 46.9 Å². The zero-order valence-electron chi connectivity index (χ0n) is 15.6. The fourth-order valence-electron chi connectivity index (χ4n) is 2.74. The Kier molecular flexibility index (Phi) is 6.46. The number of benzene rings is 2. The number of aromatic nitrogens is 1. The Bertz CT molecular complexity index is 942. The first kappa shape index (κ1) is 19.8. The van der Waals surface area contributed by atoms with Gasteiger partial charge in [0.05, 0.1) is 17.3 Å². The van der Waals surface area contributed by atoms with Gasteiger partial charge in [-0.25, -0.2) is 4.98 Å². The summed E-state index contributed by atoms with van der Waals surface area (Å²) in [6.07, 6.45) is 0.867. The van der Waals surface area contributed by atoms with Crippen molar-refractivity contribution in [3.8, 4) is 5.75 Å². The number of hydrogen-bond donors (Lipinski definition) is 0. The van der Waals surface area contributed by atoms with Gasteiger partial charge in [0.1, 0.15) is 5.75 Å². The second-order valence-corrected chi connectivity index (χ2v) is 8.38. The Hall–Kier alpha value is -1.96. The third-order valence-corrected chi connectivity index (χ3v) is 5.65. The molecule has 0 bridgehead atoms. The van der Waals surface area contributed by atoms with Crippen molar-refractivity contribution in [3.63, 3.8) is 0 Å². The smallest absolute Gasteiger partial charge is 0.260 e. The number of fused-ring (bicyclic) bond motifs is 1. The van der Waals surface area contributed by atoms with Crippen LogP contribution in [0.4, 0.5) is 5.13 Å². The average molecular weight is 448 g/mol. The van der Waals surface area contributed by atoms with Crippen LogP contribution in [0.5, 0.6) is 5.75 Å². The standard InChI is InChI=1S/C20H22BrN3O2S/c1-23(2)10-5-11-24(19(25)14-6-4-7-15(21)12-14)20-22-17-9-8-16(26-3)13-18(17)27-20/h4,6-9,12-13H,5,10-11H2,1-3H3. The lowest BCUT2D eigenvalue weighted by Crippen LogP contribution is -2.33. The van der Waals surface area contributed by atoms with Gasteiger partial charge in [0.2, 0.25) is 0 Å². The molecule has 3 aromatic rings. The third-order valence-electron chi connectivity index (χ3n) is 4.12. The highest BCUT2D eigenvalue weighted by atomic mass is 79.9. The summed E-state index contributed by atoms with van der Waals surface area (Å²) in [6, 6.07) is 13.2. The summed E-state index contributed by atoms with van der Waals surface area (Å²) in [5.41, 5.74) is 1.52. The van der Waals surface area contributed by atoms with Crippen molar-refractivity contribution in [2.75, 3.05) is 39.2 Å². The number of nitrogens with zero attached hydrogens (tertiary/aromatic N) is 3. The van der Waals surface area contributed by atoms with Crippen LogP contribution >= 0.6 is 27.3 Å². The number of carbonyl (C=O) groups excluding carboxylic acids is 1. The van der Waals surface area contributed by atoms with E-state index in [0.29, 0.717) is 17.2 Å². The molecule has 0 radical (unpaired) electrons. The number of methoxy groups -OCH3 is 1. The number of hydrogen-bond acceptors (Lipinski definition) is 5. The van der Waals surface area contributed by atoms with E-state index in [4.69, 9.17) is 9.72 Å². The summed E-state index contributed by atoms with van der Waals surface area (Å²) in [5, 5.41) is 0.710. The number of amides is 1. The average Bonchev–Trinajstić information content (AvgIpc) is 3.07. The van der Waals surface area contributed by atoms with Crippen LogP contribution in [-0.2, 0) is 0 Å². The quantitative estimate of drug-likeness (QED) is 0.527. The van der Waals surface area contributed by atoms with Gasteiger partial charge in [-0.2, -0.15) is 0 Å². The SMILES string of the molecule is COc1ccc2nc(N(CCCN(C)C)C(=O)c3cccc(Br)c3)sc2c1. The molecule has 0 aliphatic heterocycles. The van der Waals surface area contributed by atoms with E-state index in [1.807, 2.05) is 56.6 Å². The van der Waals surface area contributed by atoms with Crippen LogP contribution in [0.2, 0.25) is 0 Å². The Morgan fingerprint density at radius 2 is 2.00 bits per heavy atom. The van der Waals surface area contributed by atoms with Gasteiger partial charge in [0, 0.05) is 16.6 Å². The second-order valence-electron chi connectivity index (χ2n) is 6.45. The van der Waals surface area contributed by atoms with E-state index >= 15 is 0 Å². The van der Waals surface area contributed by atoms with Crippen molar-refractivity contribution in [2.45, 2.75) is 6.42 Å². The Morgan fingerprint density at radius 1 is 1.19 bits per heavy atom. The van der Waals surface area contributed by atoms with Gasteiger partial charge in [-0.3, -0.25) is 9.69 Å². The molecule has 0 atom stereocenters. The number of anilines is 1. The molecule has 0 saturated heterocycles. The highest BCUT2D eigenvalue weighted by Gasteiger charge is 2.21. The Morgan fingerprint density at radius 3 is 2.70 bits per heavy atom. The predicted molar refractivity (Wildman–Crippen MR) is 115 cm³/mol. The maximum atomic E-state index is 13.2. The zero-order chi connectivity index (χ0) is 19.4. The number of halogens is 1. The normalized spacial score (nSPS) is 11.1. The molecule has 0 aliphatic rings. The Labute approximate surface area is 171 Å². The minimum Gasteiger partial charge on any atom is -0.497 e. The van der Waals surface area contributed by atoms with Crippen LogP contribution in [0.25, 0.3) is 10.2 Å². The third kappa shape index (κ3) is 4.86. The molecule has 0 spiro atoms. The monoisotopic (exact) mass is 447 g/mol. The highest BCUT2D eigenvalue weighted by Crippen LogP contribution is 2.32. The van der Waals surface area contributed by atoms with E-state index in [2.05, 4.69) is 20.8 Å². The van der Waals surface area contributed by atoms with Gasteiger partial charge in [-0.1, -0.05) is 33.3 Å². The molecule has 7 heteroatoms. The van der Waals surface area contributed by atoms with Gasteiger partial charge in [-0.05, 0) is 63.5 Å². The molecule has 1 amide bonds. The van der Waals surface area contributed by atoms with E-state index in [0.717, 1.165) is 33.4 Å². The number of ether oxygens (including phenoxy) is 1. The number of rotatable bonds is 7. The molecular weight excluding hydrogens is 426 g/mol. The molecule has 0 aliphatic carbocycles. The lowest BCUT2D eigenvalue weighted by molar-refractivity contribution is 0.0986. The largest absolute Gasteiger partial charge is 0.497 e. The molecule has 3 rings (SSSR count). The minimum absolute atomic E-state index is 0.0407. The van der Waals surface area contributed by atoms with Crippen molar-refractivity contribution in [2.24, 2.45) is 0 Å². The first-order valence-corrected chi connectivity index (χ1v) is 10.3. The van der Waals surface area contributed by atoms with Crippen LogP contribution in [-0.4, -0.2) is 50.1 Å².